The summed E-state index contributed by atoms with van der Waals surface area (Å²) < 4.78 is 33.4. The van der Waals surface area contributed by atoms with Crippen LogP contribution in [0.15, 0.2) is 65.7 Å². The van der Waals surface area contributed by atoms with E-state index in [2.05, 4.69) is 5.10 Å². The van der Waals surface area contributed by atoms with Crippen LogP contribution < -0.4 is 5.73 Å². The minimum atomic E-state index is -3.75. The van der Waals surface area contributed by atoms with E-state index in [1.54, 1.807) is 48.5 Å². The van der Waals surface area contributed by atoms with Crippen molar-refractivity contribution in [1.82, 2.24) is 13.8 Å². The van der Waals surface area contributed by atoms with Gasteiger partial charge in [0.1, 0.15) is 5.69 Å². The summed E-state index contributed by atoms with van der Waals surface area (Å²) in [6, 6.07) is 14.8. The number of ether oxygens (including phenoxy) is 1. The predicted molar refractivity (Wildman–Crippen MR) is 117 cm³/mol. The molecular formula is C22H20N4O5S. The second kappa shape index (κ2) is 7.97. The van der Waals surface area contributed by atoms with E-state index >= 15 is 0 Å². The first kappa shape index (κ1) is 21.3. The SMILES string of the molecule is COC(=O)c1cc(C(N)=O)nn1Cc1ccc2c(ccn2S(=O)(=O)c2ccc(C)cc2)c1. The Morgan fingerprint density at radius 2 is 1.78 bits per heavy atom. The predicted octanol–water partition coefficient (Wildman–Crippen LogP) is 2.32. The summed E-state index contributed by atoms with van der Waals surface area (Å²) in [6.45, 7) is 2.05. The van der Waals surface area contributed by atoms with Gasteiger partial charge in [0.15, 0.2) is 5.69 Å². The average molecular weight is 452 g/mol. The maximum Gasteiger partial charge on any atom is 0.356 e. The monoisotopic (exact) mass is 452 g/mol. The number of hydrogen-bond acceptors (Lipinski definition) is 6. The van der Waals surface area contributed by atoms with E-state index in [1.807, 2.05) is 6.92 Å². The van der Waals surface area contributed by atoms with Gasteiger partial charge in [0.25, 0.3) is 15.9 Å². The maximum absolute atomic E-state index is 13.1. The molecule has 2 aromatic carbocycles. The number of nitrogens with two attached hydrogens (primary N) is 1. The lowest BCUT2D eigenvalue weighted by Gasteiger charge is -2.09. The van der Waals surface area contributed by atoms with Crippen LogP contribution in [-0.2, 0) is 21.3 Å². The summed E-state index contributed by atoms with van der Waals surface area (Å²) >= 11 is 0. The molecule has 10 heteroatoms. The van der Waals surface area contributed by atoms with Gasteiger partial charge < -0.3 is 10.5 Å². The topological polar surface area (TPSA) is 126 Å². The molecule has 0 aliphatic carbocycles. The average Bonchev–Trinajstić information content (AvgIpc) is 3.38. The summed E-state index contributed by atoms with van der Waals surface area (Å²) in [5, 5.41) is 4.78. The number of aromatic nitrogens is 3. The van der Waals surface area contributed by atoms with Gasteiger partial charge in [-0.15, -0.1) is 0 Å². The van der Waals surface area contributed by atoms with Crippen LogP contribution >= 0.6 is 0 Å². The number of hydrogen-bond donors (Lipinski definition) is 1. The van der Waals surface area contributed by atoms with Crippen molar-refractivity contribution in [3.8, 4) is 0 Å². The van der Waals surface area contributed by atoms with E-state index in [0.29, 0.717) is 10.9 Å². The van der Waals surface area contributed by atoms with Gasteiger partial charge in [0.05, 0.1) is 24.1 Å². The third-order valence-corrected chi connectivity index (χ3v) is 6.76. The molecule has 0 spiro atoms. The molecule has 0 unspecified atom stereocenters. The van der Waals surface area contributed by atoms with Crippen LogP contribution in [-0.4, -0.2) is 41.2 Å². The molecule has 4 rings (SSSR count). The highest BCUT2D eigenvalue weighted by Gasteiger charge is 2.21. The van der Waals surface area contributed by atoms with Crippen molar-refractivity contribution in [2.45, 2.75) is 18.4 Å². The Balaban J connectivity index is 1.71. The van der Waals surface area contributed by atoms with E-state index in [4.69, 9.17) is 10.5 Å². The number of primary amides is 1. The highest BCUT2D eigenvalue weighted by Crippen LogP contribution is 2.24. The lowest BCUT2D eigenvalue weighted by Crippen LogP contribution is -2.14. The Morgan fingerprint density at radius 3 is 2.44 bits per heavy atom. The number of aryl methyl sites for hydroxylation is 1. The van der Waals surface area contributed by atoms with Crippen LogP contribution in [0.4, 0.5) is 0 Å². The first-order chi connectivity index (χ1) is 15.2. The summed E-state index contributed by atoms with van der Waals surface area (Å²) in [5.74, 6) is -1.41. The minimum Gasteiger partial charge on any atom is -0.464 e. The molecule has 0 saturated carbocycles. The van der Waals surface area contributed by atoms with E-state index < -0.39 is 21.9 Å². The number of benzene rings is 2. The summed E-state index contributed by atoms with van der Waals surface area (Å²) in [4.78, 5) is 23.7. The zero-order valence-electron chi connectivity index (χ0n) is 17.3. The minimum absolute atomic E-state index is 0.0539. The smallest absolute Gasteiger partial charge is 0.356 e. The van der Waals surface area contributed by atoms with Gasteiger partial charge in [0.2, 0.25) is 0 Å². The number of amides is 1. The standard InChI is InChI=1S/C22H20N4O5S/c1-14-3-6-17(7-4-14)32(29,30)26-10-9-16-11-15(5-8-19(16)26)13-25-20(22(28)31-2)12-18(24-25)21(23)27/h3-12H,13H2,1-2H3,(H2,23,27). The fourth-order valence-electron chi connectivity index (χ4n) is 3.40. The number of rotatable bonds is 6. The molecule has 164 valence electrons. The summed E-state index contributed by atoms with van der Waals surface area (Å²) in [6.07, 6.45) is 1.50. The number of fused-ring (bicyclic) bond motifs is 1. The van der Waals surface area contributed by atoms with E-state index in [-0.39, 0.29) is 22.8 Å². The zero-order chi connectivity index (χ0) is 23.0. The fourth-order valence-corrected chi connectivity index (χ4v) is 4.75. The van der Waals surface area contributed by atoms with Crippen molar-refractivity contribution in [3.05, 3.63) is 83.3 Å². The zero-order valence-corrected chi connectivity index (χ0v) is 18.2. The van der Waals surface area contributed by atoms with Crippen molar-refractivity contribution in [2.75, 3.05) is 7.11 Å². The molecule has 2 aromatic heterocycles. The Bertz CT molecular complexity index is 1450. The van der Waals surface area contributed by atoms with Crippen LogP contribution in [0, 0.1) is 6.92 Å². The molecule has 0 aliphatic heterocycles. The van der Waals surface area contributed by atoms with Gasteiger partial charge in [-0.2, -0.15) is 5.10 Å². The Labute approximate surface area is 184 Å². The van der Waals surface area contributed by atoms with Crippen molar-refractivity contribution >= 4 is 32.8 Å². The number of esters is 1. The Morgan fingerprint density at radius 1 is 1.06 bits per heavy atom. The van der Waals surface area contributed by atoms with E-state index in [1.165, 1.54) is 28.0 Å². The first-order valence-electron chi connectivity index (χ1n) is 9.59. The second-order valence-electron chi connectivity index (χ2n) is 7.25. The first-order valence-corrected chi connectivity index (χ1v) is 11.0. The van der Waals surface area contributed by atoms with Crippen LogP contribution in [0.5, 0.6) is 0 Å². The van der Waals surface area contributed by atoms with Crippen LogP contribution in [0.2, 0.25) is 0 Å². The lowest BCUT2D eigenvalue weighted by atomic mass is 10.1. The van der Waals surface area contributed by atoms with Crippen molar-refractivity contribution < 1.29 is 22.7 Å². The van der Waals surface area contributed by atoms with Gasteiger partial charge in [-0.05, 0) is 42.8 Å². The molecule has 9 nitrogen and oxygen atoms in total. The fraction of sp³-hybridized carbons (Fsp3) is 0.136. The number of carbonyl (C=O) groups is 2. The van der Waals surface area contributed by atoms with Crippen LogP contribution in [0.1, 0.15) is 32.1 Å². The molecule has 4 aromatic rings. The number of carbonyl (C=O) groups excluding carboxylic acids is 2. The summed E-state index contributed by atoms with van der Waals surface area (Å²) in [7, 11) is -2.52. The Hall–Kier alpha value is -3.92. The van der Waals surface area contributed by atoms with Crippen LogP contribution in [0.3, 0.4) is 0 Å². The van der Waals surface area contributed by atoms with Gasteiger partial charge in [-0.25, -0.2) is 17.2 Å². The van der Waals surface area contributed by atoms with Crippen molar-refractivity contribution in [2.24, 2.45) is 5.73 Å². The molecule has 0 aliphatic rings. The highest BCUT2D eigenvalue weighted by atomic mass is 32.2. The molecule has 0 fully saturated rings. The van der Waals surface area contributed by atoms with Crippen molar-refractivity contribution in [3.63, 3.8) is 0 Å². The molecule has 2 heterocycles. The molecule has 1 amide bonds. The third-order valence-electron chi connectivity index (χ3n) is 5.06. The molecule has 32 heavy (non-hydrogen) atoms. The van der Waals surface area contributed by atoms with E-state index in [9.17, 15) is 18.0 Å². The molecular weight excluding hydrogens is 432 g/mol. The third kappa shape index (κ3) is 3.76. The molecule has 0 bridgehead atoms. The molecule has 0 radical (unpaired) electrons. The van der Waals surface area contributed by atoms with Gasteiger partial charge in [0, 0.05) is 17.6 Å². The second-order valence-corrected chi connectivity index (χ2v) is 9.07. The molecule has 2 N–H and O–H groups in total. The van der Waals surface area contributed by atoms with Gasteiger partial charge in [-0.3, -0.25) is 9.48 Å². The maximum atomic E-state index is 13.1. The van der Waals surface area contributed by atoms with Gasteiger partial charge >= 0.3 is 5.97 Å². The normalized spacial score (nSPS) is 11.6. The highest BCUT2D eigenvalue weighted by molar-refractivity contribution is 7.90. The lowest BCUT2D eigenvalue weighted by molar-refractivity contribution is 0.0587. The largest absolute Gasteiger partial charge is 0.464 e. The quantitative estimate of drug-likeness (QED) is 0.448. The Kier molecular flexibility index (Phi) is 5.31. The van der Waals surface area contributed by atoms with Crippen molar-refractivity contribution in [1.29, 1.82) is 0 Å². The molecule has 0 atom stereocenters. The number of nitrogens with zero attached hydrogens (tertiary/aromatic N) is 3. The molecule has 0 saturated heterocycles. The van der Waals surface area contributed by atoms with E-state index in [0.717, 1.165) is 11.1 Å². The van der Waals surface area contributed by atoms with Gasteiger partial charge in [-0.1, -0.05) is 23.8 Å². The summed E-state index contributed by atoms with van der Waals surface area (Å²) in [5.41, 5.74) is 7.53. The van der Waals surface area contributed by atoms with Crippen LogP contribution in [0.25, 0.3) is 10.9 Å². The number of methoxy groups -OCH3 is 1.